The molecule has 0 spiro atoms. The van der Waals surface area contributed by atoms with E-state index in [0.717, 1.165) is 99.8 Å². The third kappa shape index (κ3) is 5.23. The monoisotopic (exact) mass is 474 g/mol. The molecule has 2 aromatic heterocycles. The molecule has 35 heavy (non-hydrogen) atoms. The minimum atomic E-state index is 0.203. The highest BCUT2D eigenvalue weighted by Gasteiger charge is 2.25. The summed E-state index contributed by atoms with van der Waals surface area (Å²) in [5.41, 5.74) is 4.14. The smallest absolute Gasteiger partial charge is 0.149 e. The van der Waals surface area contributed by atoms with Gasteiger partial charge in [-0.05, 0) is 56.2 Å². The van der Waals surface area contributed by atoms with Crippen LogP contribution in [0, 0.1) is 5.92 Å². The molecular formula is C27H34N6O2. The van der Waals surface area contributed by atoms with Gasteiger partial charge in [0, 0.05) is 68.5 Å². The fourth-order valence-corrected chi connectivity index (χ4v) is 5.63. The topological polar surface area (TPSA) is 85.3 Å². The van der Waals surface area contributed by atoms with Gasteiger partial charge in [0.05, 0.1) is 24.8 Å². The van der Waals surface area contributed by atoms with E-state index in [4.69, 9.17) is 19.4 Å². The third-order valence-electron chi connectivity index (χ3n) is 7.72. The van der Waals surface area contributed by atoms with Crippen molar-refractivity contribution in [3.63, 3.8) is 0 Å². The number of fused-ring (bicyclic) bond motifs is 1. The van der Waals surface area contributed by atoms with Crippen molar-refractivity contribution in [3.05, 3.63) is 48.3 Å². The van der Waals surface area contributed by atoms with Gasteiger partial charge in [-0.2, -0.15) is 0 Å². The van der Waals surface area contributed by atoms with Crippen LogP contribution in [0.1, 0.15) is 49.4 Å². The molecule has 2 aliphatic heterocycles. The predicted octanol–water partition coefficient (Wildman–Crippen LogP) is 3.51. The molecule has 8 nitrogen and oxygen atoms in total. The molecule has 1 unspecified atom stereocenters. The van der Waals surface area contributed by atoms with Crippen molar-refractivity contribution >= 4 is 16.7 Å². The van der Waals surface area contributed by atoms with Crippen LogP contribution in [-0.2, 0) is 11.2 Å². The second kappa shape index (κ2) is 10.4. The Balaban J connectivity index is 1.08. The minimum absolute atomic E-state index is 0.203. The normalized spacial score (nSPS) is 25.1. The fraction of sp³-hybridized carbons (Fsp3) is 0.556. The van der Waals surface area contributed by atoms with E-state index in [1.165, 1.54) is 12.0 Å². The zero-order chi connectivity index (χ0) is 23.5. The number of aromatic nitrogens is 4. The van der Waals surface area contributed by atoms with E-state index in [1.54, 1.807) is 12.4 Å². The number of nitrogens with one attached hydrogen (secondary N) is 1. The van der Waals surface area contributed by atoms with Crippen molar-refractivity contribution in [2.24, 2.45) is 5.92 Å². The first-order valence-electron chi connectivity index (χ1n) is 13.1. The standard InChI is InChI=1S/C27H34N6O2/c1-3-23(4-2-19(1)13-26-31-17-21(18-32-26)20-5-6-28-16-20)35-25-15-22(33-9-11-34-12-10-33)14-24-27(25)30-8-7-29-24/h7-8,14-15,17-20,23,28H,1-6,9-13,16H2. The van der Waals surface area contributed by atoms with E-state index in [0.29, 0.717) is 11.8 Å². The molecule has 1 N–H and O–H groups in total. The molecule has 1 atom stereocenters. The SMILES string of the molecule is c1cnc2c(OC3CCC(Cc4ncc(C5CCNC5)cn4)CC3)cc(N3CCOCC3)cc2n1. The van der Waals surface area contributed by atoms with Gasteiger partial charge in [0.25, 0.3) is 0 Å². The molecule has 4 heterocycles. The van der Waals surface area contributed by atoms with Gasteiger partial charge in [0.15, 0.2) is 0 Å². The molecule has 0 amide bonds. The van der Waals surface area contributed by atoms with E-state index in [-0.39, 0.29) is 6.10 Å². The van der Waals surface area contributed by atoms with Crippen molar-refractivity contribution in [3.8, 4) is 5.75 Å². The Kier molecular flexibility index (Phi) is 6.73. The minimum Gasteiger partial charge on any atom is -0.488 e. The summed E-state index contributed by atoms with van der Waals surface area (Å²) in [4.78, 5) is 20.9. The van der Waals surface area contributed by atoms with Crippen LogP contribution in [0.25, 0.3) is 11.0 Å². The first kappa shape index (κ1) is 22.6. The lowest BCUT2D eigenvalue weighted by Crippen LogP contribution is -2.36. The summed E-state index contributed by atoms with van der Waals surface area (Å²) < 4.78 is 12.1. The van der Waals surface area contributed by atoms with Crippen molar-refractivity contribution in [2.75, 3.05) is 44.3 Å². The maximum absolute atomic E-state index is 6.57. The highest BCUT2D eigenvalue weighted by atomic mass is 16.5. The van der Waals surface area contributed by atoms with Crippen LogP contribution < -0.4 is 15.0 Å². The van der Waals surface area contributed by atoms with Crippen molar-refractivity contribution in [1.29, 1.82) is 0 Å². The highest BCUT2D eigenvalue weighted by Crippen LogP contribution is 2.34. The van der Waals surface area contributed by atoms with Gasteiger partial charge in [0.2, 0.25) is 0 Å². The number of hydrogen-bond donors (Lipinski definition) is 1. The van der Waals surface area contributed by atoms with Gasteiger partial charge in [-0.15, -0.1) is 0 Å². The average Bonchev–Trinajstić information content (AvgIpc) is 3.46. The maximum atomic E-state index is 6.57. The van der Waals surface area contributed by atoms with Crippen LogP contribution in [-0.4, -0.2) is 65.4 Å². The summed E-state index contributed by atoms with van der Waals surface area (Å²) in [5, 5.41) is 3.42. The van der Waals surface area contributed by atoms with Crippen molar-refractivity contribution < 1.29 is 9.47 Å². The number of anilines is 1. The number of benzene rings is 1. The number of morpholine rings is 1. The summed E-state index contributed by atoms with van der Waals surface area (Å²) in [6.45, 7) is 5.42. The van der Waals surface area contributed by atoms with Crippen LogP contribution in [0.4, 0.5) is 5.69 Å². The lowest BCUT2D eigenvalue weighted by Gasteiger charge is -2.31. The van der Waals surface area contributed by atoms with E-state index >= 15 is 0 Å². The Labute approximate surface area is 206 Å². The van der Waals surface area contributed by atoms with Gasteiger partial charge in [-0.1, -0.05) is 0 Å². The van der Waals surface area contributed by atoms with Crippen LogP contribution >= 0.6 is 0 Å². The summed E-state index contributed by atoms with van der Waals surface area (Å²) >= 11 is 0. The lowest BCUT2D eigenvalue weighted by molar-refractivity contribution is 0.122. The highest BCUT2D eigenvalue weighted by molar-refractivity contribution is 5.85. The quantitative estimate of drug-likeness (QED) is 0.581. The van der Waals surface area contributed by atoms with Gasteiger partial charge in [-0.25, -0.2) is 15.0 Å². The summed E-state index contributed by atoms with van der Waals surface area (Å²) in [7, 11) is 0. The Hall–Kier alpha value is -2.84. The van der Waals surface area contributed by atoms with Crippen molar-refractivity contribution in [1.82, 2.24) is 25.3 Å². The zero-order valence-electron chi connectivity index (χ0n) is 20.2. The Bertz CT molecular complexity index is 1120. The van der Waals surface area contributed by atoms with Crippen LogP contribution in [0.3, 0.4) is 0 Å². The number of nitrogens with zero attached hydrogens (tertiary/aromatic N) is 5. The molecular weight excluding hydrogens is 440 g/mol. The predicted molar refractivity (Wildman–Crippen MR) is 135 cm³/mol. The second-order valence-corrected chi connectivity index (χ2v) is 10.1. The zero-order valence-corrected chi connectivity index (χ0v) is 20.2. The first-order valence-corrected chi connectivity index (χ1v) is 13.1. The van der Waals surface area contributed by atoms with Crippen LogP contribution in [0.15, 0.2) is 36.9 Å². The van der Waals surface area contributed by atoms with Crippen LogP contribution in [0.2, 0.25) is 0 Å². The van der Waals surface area contributed by atoms with Crippen LogP contribution in [0.5, 0.6) is 5.75 Å². The Morgan fingerprint density at radius 1 is 0.943 bits per heavy atom. The third-order valence-corrected chi connectivity index (χ3v) is 7.72. The maximum Gasteiger partial charge on any atom is 0.149 e. The molecule has 1 aromatic carbocycles. The summed E-state index contributed by atoms with van der Waals surface area (Å²) in [5.74, 6) is 3.01. The molecule has 184 valence electrons. The van der Waals surface area contributed by atoms with Gasteiger partial charge in [0.1, 0.15) is 17.1 Å². The van der Waals surface area contributed by atoms with Crippen molar-refractivity contribution in [2.45, 2.75) is 50.5 Å². The van der Waals surface area contributed by atoms with Gasteiger partial charge < -0.3 is 19.7 Å². The van der Waals surface area contributed by atoms with Gasteiger partial charge in [-0.3, -0.25) is 4.98 Å². The lowest BCUT2D eigenvalue weighted by atomic mass is 9.85. The second-order valence-electron chi connectivity index (χ2n) is 10.1. The Morgan fingerprint density at radius 2 is 1.74 bits per heavy atom. The molecule has 2 saturated heterocycles. The molecule has 0 bridgehead atoms. The average molecular weight is 475 g/mol. The molecule has 3 aromatic rings. The molecule has 1 aliphatic carbocycles. The van der Waals surface area contributed by atoms with E-state index < -0.39 is 0 Å². The fourth-order valence-electron chi connectivity index (χ4n) is 5.63. The van der Waals surface area contributed by atoms with Gasteiger partial charge >= 0.3 is 0 Å². The summed E-state index contributed by atoms with van der Waals surface area (Å²) in [6, 6.07) is 4.26. The molecule has 0 radical (unpaired) electrons. The molecule has 1 saturated carbocycles. The molecule has 8 heteroatoms. The first-order chi connectivity index (χ1) is 17.3. The largest absolute Gasteiger partial charge is 0.488 e. The molecule has 6 rings (SSSR count). The number of hydrogen-bond acceptors (Lipinski definition) is 8. The molecule has 3 aliphatic rings. The molecule has 3 fully saturated rings. The Morgan fingerprint density at radius 3 is 2.51 bits per heavy atom. The van der Waals surface area contributed by atoms with E-state index in [1.807, 2.05) is 12.4 Å². The van der Waals surface area contributed by atoms with E-state index in [9.17, 15) is 0 Å². The number of ether oxygens (including phenoxy) is 2. The number of rotatable bonds is 6. The summed E-state index contributed by atoms with van der Waals surface area (Å²) in [6.07, 6.45) is 14.3. The van der Waals surface area contributed by atoms with E-state index in [2.05, 4.69) is 32.3 Å².